The molecule has 4 rings (SSSR count). The number of unbranched alkanes of at least 4 members (excludes halogenated alkanes) is 1. The summed E-state index contributed by atoms with van der Waals surface area (Å²) in [6.45, 7) is 2.98. The highest BCUT2D eigenvalue weighted by Gasteiger charge is 2.13. The monoisotopic (exact) mass is 380 g/mol. The largest absolute Gasteiger partial charge is 0.377 e. The van der Waals surface area contributed by atoms with Crippen LogP contribution in [0.15, 0.2) is 40.2 Å². The quantitative estimate of drug-likeness (QED) is 0.511. The van der Waals surface area contributed by atoms with E-state index in [1.54, 1.807) is 36.2 Å². The van der Waals surface area contributed by atoms with Crippen LogP contribution in [-0.2, 0) is 17.9 Å². The highest BCUT2D eigenvalue weighted by atomic mass is 16.5. The molecule has 0 aliphatic rings. The van der Waals surface area contributed by atoms with Gasteiger partial charge >= 0.3 is 0 Å². The maximum Gasteiger partial charge on any atom is 0.267 e. The average Bonchev–Trinajstić information content (AvgIpc) is 3.16. The van der Waals surface area contributed by atoms with Gasteiger partial charge in [0.2, 0.25) is 0 Å². The fourth-order valence-electron chi connectivity index (χ4n) is 3.12. The molecule has 0 aliphatic carbocycles. The number of aromatic amines is 1. The number of nitrogens with zero attached hydrogens (tertiary/aromatic N) is 5. The van der Waals surface area contributed by atoms with Crippen LogP contribution < -0.4 is 11.1 Å². The Bertz CT molecular complexity index is 1270. The summed E-state index contributed by atoms with van der Waals surface area (Å²) < 4.78 is 7.99. The molecule has 0 radical (unpaired) electrons. The lowest BCUT2D eigenvalue weighted by Crippen LogP contribution is -2.22. The van der Waals surface area contributed by atoms with E-state index in [0.29, 0.717) is 34.2 Å². The van der Waals surface area contributed by atoms with Gasteiger partial charge in [0.05, 0.1) is 21.8 Å². The summed E-state index contributed by atoms with van der Waals surface area (Å²) in [4.78, 5) is 34.5. The molecular weight excluding hydrogens is 360 g/mol. The van der Waals surface area contributed by atoms with E-state index < -0.39 is 0 Å². The molecule has 4 heterocycles. The minimum Gasteiger partial charge on any atom is -0.377 e. The van der Waals surface area contributed by atoms with Gasteiger partial charge < -0.3 is 9.30 Å². The Kier molecular flexibility index (Phi) is 4.74. The lowest BCUT2D eigenvalue weighted by atomic mass is 10.2. The Hall–Kier alpha value is -3.33. The first kappa shape index (κ1) is 18.1. The molecule has 4 aromatic rings. The third-order valence-corrected chi connectivity index (χ3v) is 4.58. The Morgan fingerprint density at radius 3 is 2.57 bits per heavy atom. The van der Waals surface area contributed by atoms with E-state index >= 15 is 0 Å². The number of ether oxygens (including phenoxy) is 1. The van der Waals surface area contributed by atoms with Gasteiger partial charge in [0.1, 0.15) is 6.61 Å². The van der Waals surface area contributed by atoms with Crippen molar-refractivity contribution in [2.75, 3.05) is 7.11 Å². The Balaban J connectivity index is 1.88. The summed E-state index contributed by atoms with van der Waals surface area (Å²) in [7, 11) is 1.55. The predicted molar refractivity (Wildman–Crippen MR) is 105 cm³/mol. The number of nitrogens with one attached hydrogen (secondary N) is 1. The van der Waals surface area contributed by atoms with Gasteiger partial charge in [-0.15, -0.1) is 5.10 Å². The molecule has 0 saturated carbocycles. The number of rotatable bonds is 6. The summed E-state index contributed by atoms with van der Waals surface area (Å²) in [5.74, 6) is 0.729. The standard InChI is InChI=1S/C19H20N6O3/c1-3-4-7-24-8-5-14-12(17(24)26)10-13-15(20-14)6-9-25(18(13)27)19-21-16(11-28-2)22-23-19/h5-6,8-10H,3-4,7,11H2,1-2H3,(H,21,22,23). The Morgan fingerprint density at radius 2 is 1.82 bits per heavy atom. The molecule has 144 valence electrons. The van der Waals surface area contributed by atoms with Gasteiger partial charge in [-0.2, -0.15) is 4.98 Å². The van der Waals surface area contributed by atoms with Crippen molar-refractivity contribution in [3.05, 3.63) is 57.1 Å². The smallest absolute Gasteiger partial charge is 0.267 e. The van der Waals surface area contributed by atoms with Crippen LogP contribution in [0, 0.1) is 0 Å². The molecule has 28 heavy (non-hydrogen) atoms. The first-order valence-corrected chi connectivity index (χ1v) is 9.08. The van der Waals surface area contributed by atoms with Crippen LogP contribution in [-0.4, -0.2) is 36.4 Å². The van der Waals surface area contributed by atoms with E-state index in [2.05, 4.69) is 27.1 Å². The molecule has 0 saturated heterocycles. The molecule has 0 fully saturated rings. The average molecular weight is 380 g/mol. The van der Waals surface area contributed by atoms with E-state index in [4.69, 9.17) is 4.74 Å². The number of hydrogen-bond donors (Lipinski definition) is 1. The van der Waals surface area contributed by atoms with Gasteiger partial charge in [-0.05, 0) is 24.6 Å². The van der Waals surface area contributed by atoms with Gasteiger partial charge in [-0.25, -0.2) is 9.55 Å². The third kappa shape index (κ3) is 3.09. The summed E-state index contributed by atoms with van der Waals surface area (Å²) in [5.41, 5.74) is 0.614. The Morgan fingerprint density at radius 1 is 1.07 bits per heavy atom. The van der Waals surface area contributed by atoms with Gasteiger partial charge in [-0.3, -0.25) is 14.7 Å². The van der Waals surface area contributed by atoms with Crippen LogP contribution in [0.25, 0.3) is 27.8 Å². The van der Waals surface area contributed by atoms with Crippen LogP contribution in [0.3, 0.4) is 0 Å². The van der Waals surface area contributed by atoms with Crippen LogP contribution in [0.5, 0.6) is 0 Å². The van der Waals surface area contributed by atoms with E-state index in [1.807, 2.05) is 6.07 Å². The molecular formula is C19H20N6O3. The normalized spacial score (nSPS) is 11.5. The van der Waals surface area contributed by atoms with Crippen molar-refractivity contribution in [2.24, 2.45) is 0 Å². The molecule has 0 amide bonds. The topological polar surface area (TPSA) is 108 Å². The lowest BCUT2D eigenvalue weighted by molar-refractivity contribution is 0.178. The fourth-order valence-corrected chi connectivity index (χ4v) is 3.12. The number of methoxy groups -OCH3 is 1. The number of pyridine rings is 3. The Labute approximate surface area is 159 Å². The van der Waals surface area contributed by atoms with Crippen molar-refractivity contribution >= 4 is 21.8 Å². The summed E-state index contributed by atoms with van der Waals surface area (Å²) >= 11 is 0. The molecule has 9 heteroatoms. The molecule has 0 atom stereocenters. The minimum atomic E-state index is -0.335. The maximum atomic E-state index is 13.0. The molecule has 0 bridgehead atoms. The second-order valence-corrected chi connectivity index (χ2v) is 6.53. The van der Waals surface area contributed by atoms with E-state index in [9.17, 15) is 9.59 Å². The highest BCUT2D eigenvalue weighted by Crippen LogP contribution is 2.15. The number of aryl methyl sites for hydroxylation is 1. The van der Waals surface area contributed by atoms with Crippen LogP contribution in [0.2, 0.25) is 0 Å². The number of hydrogen-bond acceptors (Lipinski definition) is 6. The predicted octanol–water partition coefficient (Wildman–Crippen LogP) is 1.77. The molecule has 0 aromatic carbocycles. The first-order chi connectivity index (χ1) is 13.6. The molecule has 1 N–H and O–H groups in total. The second-order valence-electron chi connectivity index (χ2n) is 6.53. The van der Waals surface area contributed by atoms with Crippen LogP contribution in [0.1, 0.15) is 25.6 Å². The summed E-state index contributed by atoms with van der Waals surface area (Å²) in [5, 5.41) is 7.57. The van der Waals surface area contributed by atoms with Gasteiger partial charge in [0, 0.05) is 26.0 Å². The molecule has 9 nitrogen and oxygen atoms in total. The van der Waals surface area contributed by atoms with Gasteiger partial charge in [0.25, 0.3) is 17.1 Å². The zero-order valence-corrected chi connectivity index (χ0v) is 15.7. The third-order valence-electron chi connectivity index (χ3n) is 4.58. The lowest BCUT2D eigenvalue weighted by Gasteiger charge is -2.08. The van der Waals surface area contributed by atoms with Crippen molar-refractivity contribution in [1.29, 1.82) is 0 Å². The van der Waals surface area contributed by atoms with Crippen molar-refractivity contribution in [2.45, 2.75) is 32.9 Å². The van der Waals surface area contributed by atoms with E-state index in [1.165, 1.54) is 4.57 Å². The van der Waals surface area contributed by atoms with Crippen molar-refractivity contribution in [3.8, 4) is 5.95 Å². The van der Waals surface area contributed by atoms with Gasteiger partial charge in [0.15, 0.2) is 5.82 Å². The van der Waals surface area contributed by atoms with Crippen molar-refractivity contribution in [1.82, 2.24) is 29.3 Å². The van der Waals surface area contributed by atoms with Crippen molar-refractivity contribution < 1.29 is 4.74 Å². The fraction of sp³-hybridized carbons (Fsp3) is 0.316. The number of H-pyrrole nitrogens is 1. The summed E-state index contributed by atoms with van der Waals surface area (Å²) in [6.07, 6.45) is 5.23. The number of fused-ring (bicyclic) bond motifs is 2. The number of aromatic nitrogens is 6. The molecule has 0 unspecified atom stereocenters. The molecule has 0 aliphatic heterocycles. The molecule has 4 aromatic heterocycles. The van der Waals surface area contributed by atoms with Crippen LogP contribution >= 0.6 is 0 Å². The van der Waals surface area contributed by atoms with Crippen molar-refractivity contribution in [3.63, 3.8) is 0 Å². The maximum absolute atomic E-state index is 13.0. The first-order valence-electron chi connectivity index (χ1n) is 9.08. The van der Waals surface area contributed by atoms with Gasteiger partial charge in [-0.1, -0.05) is 13.3 Å². The zero-order chi connectivity index (χ0) is 19.7. The highest BCUT2D eigenvalue weighted by molar-refractivity contribution is 5.91. The summed E-state index contributed by atoms with van der Waals surface area (Å²) in [6, 6.07) is 5.14. The van der Waals surface area contributed by atoms with E-state index in [-0.39, 0.29) is 23.7 Å². The zero-order valence-electron chi connectivity index (χ0n) is 15.7. The minimum absolute atomic E-state index is 0.143. The SMILES string of the molecule is CCCCn1ccc2nc3ccn(-c4n[nH]c(COC)n4)c(=O)c3cc2c1=O. The van der Waals surface area contributed by atoms with E-state index in [0.717, 1.165) is 12.8 Å². The second kappa shape index (κ2) is 7.35. The van der Waals surface area contributed by atoms with Crippen LogP contribution in [0.4, 0.5) is 0 Å². The molecule has 0 spiro atoms.